The van der Waals surface area contributed by atoms with Crippen molar-refractivity contribution in [3.8, 4) is 11.8 Å². The van der Waals surface area contributed by atoms with Gasteiger partial charge in [0.2, 0.25) is 0 Å². The van der Waals surface area contributed by atoms with Gasteiger partial charge in [-0.05, 0) is 60.7 Å². The molecular formula is C22H19BrN2O4S. The fraction of sp³-hybridized carbons (Fsp3) is 0.136. The lowest BCUT2D eigenvalue weighted by molar-refractivity contribution is 0.115. The Labute approximate surface area is 184 Å². The van der Waals surface area contributed by atoms with Crippen LogP contribution in [0.25, 0.3) is 0 Å². The van der Waals surface area contributed by atoms with Crippen LogP contribution in [-0.2, 0) is 10.0 Å². The minimum Gasteiger partial charge on any atom is -0.491 e. The quantitative estimate of drug-likeness (QED) is 0.520. The number of nitriles is 1. The maximum atomic E-state index is 13.3. The smallest absolute Gasteiger partial charge is 0.264 e. The average Bonchev–Trinajstić information content (AvgIpc) is 2.77. The number of aliphatic hydroxyl groups is 1. The van der Waals surface area contributed by atoms with Gasteiger partial charge in [0.15, 0.2) is 0 Å². The molecule has 154 valence electrons. The zero-order valence-corrected chi connectivity index (χ0v) is 18.3. The molecule has 0 saturated heterocycles. The SMILES string of the molecule is N#Cc1ccc(S(=O)(=O)N(CC(O)COc2ccc(Br)cc2)c2ccccc2)cc1. The van der Waals surface area contributed by atoms with Crippen LogP contribution in [0.1, 0.15) is 5.56 Å². The van der Waals surface area contributed by atoms with Crippen LogP contribution in [0.5, 0.6) is 5.75 Å². The van der Waals surface area contributed by atoms with Gasteiger partial charge in [-0.15, -0.1) is 0 Å². The van der Waals surface area contributed by atoms with Gasteiger partial charge in [0.1, 0.15) is 18.5 Å². The molecule has 30 heavy (non-hydrogen) atoms. The third-order valence-corrected chi connectivity index (χ3v) is 6.58. The van der Waals surface area contributed by atoms with Crippen molar-refractivity contribution in [3.05, 3.63) is 88.9 Å². The molecule has 0 aliphatic heterocycles. The van der Waals surface area contributed by atoms with Gasteiger partial charge < -0.3 is 9.84 Å². The van der Waals surface area contributed by atoms with E-state index in [0.717, 1.165) is 8.78 Å². The van der Waals surface area contributed by atoms with Crippen LogP contribution in [-0.4, -0.2) is 32.8 Å². The summed E-state index contributed by atoms with van der Waals surface area (Å²) >= 11 is 3.34. The van der Waals surface area contributed by atoms with Gasteiger partial charge in [-0.25, -0.2) is 8.42 Å². The van der Waals surface area contributed by atoms with Crippen molar-refractivity contribution in [1.82, 2.24) is 0 Å². The van der Waals surface area contributed by atoms with Gasteiger partial charge in [-0.1, -0.05) is 34.1 Å². The van der Waals surface area contributed by atoms with E-state index >= 15 is 0 Å². The first-order chi connectivity index (χ1) is 14.4. The normalized spacial score (nSPS) is 12.0. The molecule has 8 heteroatoms. The summed E-state index contributed by atoms with van der Waals surface area (Å²) in [5, 5.41) is 19.5. The van der Waals surface area contributed by atoms with Crippen molar-refractivity contribution in [2.24, 2.45) is 0 Å². The molecule has 0 amide bonds. The molecule has 6 nitrogen and oxygen atoms in total. The molecule has 0 heterocycles. The molecule has 0 bridgehead atoms. The Morgan fingerprint density at radius 2 is 1.63 bits per heavy atom. The highest BCUT2D eigenvalue weighted by Crippen LogP contribution is 2.24. The van der Waals surface area contributed by atoms with Crippen molar-refractivity contribution in [2.75, 3.05) is 17.5 Å². The van der Waals surface area contributed by atoms with E-state index in [1.807, 2.05) is 18.2 Å². The van der Waals surface area contributed by atoms with Crippen molar-refractivity contribution in [1.29, 1.82) is 5.26 Å². The first kappa shape index (κ1) is 21.8. The summed E-state index contributed by atoms with van der Waals surface area (Å²) in [7, 11) is -3.96. The maximum absolute atomic E-state index is 13.3. The van der Waals surface area contributed by atoms with E-state index in [1.54, 1.807) is 42.5 Å². The molecule has 0 aromatic heterocycles. The largest absolute Gasteiger partial charge is 0.491 e. The number of nitrogens with zero attached hydrogens (tertiary/aromatic N) is 2. The topological polar surface area (TPSA) is 90.6 Å². The van der Waals surface area contributed by atoms with E-state index in [4.69, 9.17) is 10.00 Å². The summed E-state index contributed by atoms with van der Waals surface area (Å²) in [6.45, 7) is -0.267. The molecule has 1 atom stereocenters. The van der Waals surface area contributed by atoms with Crippen LogP contribution in [0.3, 0.4) is 0 Å². The van der Waals surface area contributed by atoms with Crippen LogP contribution in [0.15, 0.2) is 88.2 Å². The summed E-state index contributed by atoms with van der Waals surface area (Å²) in [4.78, 5) is 0.0337. The van der Waals surface area contributed by atoms with Gasteiger partial charge in [-0.3, -0.25) is 4.31 Å². The second kappa shape index (κ2) is 9.76. The molecule has 3 aromatic rings. The fourth-order valence-electron chi connectivity index (χ4n) is 2.73. The van der Waals surface area contributed by atoms with E-state index in [1.165, 1.54) is 24.3 Å². The highest BCUT2D eigenvalue weighted by molar-refractivity contribution is 9.10. The minimum atomic E-state index is -3.96. The number of sulfonamides is 1. The van der Waals surface area contributed by atoms with Crippen molar-refractivity contribution < 1.29 is 18.3 Å². The molecule has 3 aromatic carbocycles. The number of para-hydroxylation sites is 1. The third kappa shape index (κ3) is 5.39. The Morgan fingerprint density at radius 3 is 2.23 bits per heavy atom. The summed E-state index contributed by atoms with van der Waals surface area (Å²) in [5.41, 5.74) is 0.785. The number of benzene rings is 3. The van der Waals surface area contributed by atoms with Crippen LogP contribution >= 0.6 is 15.9 Å². The molecule has 1 N–H and O–H groups in total. The van der Waals surface area contributed by atoms with Gasteiger partial charge >= 0.3 is 0 Å². The van der Waals surface area contributed by atoms with E-state index in [2.05, 4.69) is 15.9 Å². The van der Waals surface area contributed by atoms with E-state index in [-0.39, 0.29) is 18.0 Å². The Morgan fingerprint density at radius 1 is 1.00 bits per heavy atom. The van der Waals surface area contributed by atoms with Gasteiger partial charge in [0.05, 0.1) is 28.8 Å². The molecule has 0 saturated carbocycles. The molecule has 0 radical (unpaired) electrons. The number of hydrogen-bond acceptors (Lipinski definition) is 5. The van der Waals surface area contributed by atoms with E-state index < -0.39 is 16.1 Å². The zero-order chi connectivity index (χ0) is 21.6. The Kier molecular flexibility index (Phi) is 7.11. The Balaban J connectivity index is 1.81. The molecule has 0 fully saturated rings. The Hall–Kier alpha value is -2.86. The summed E-state index contributed by atoms with van der Waals surface area (Å²) < 4.78 is 34.2. The lowest BCUT2D eigenvalue weighted by Gasteiger charge is -2.27. The summed E-state index contributed by atoms with van der Waals surface area (Å²) in [6.07, 6.45) is -1.07. The van der Waals surface area contributed by atoms with E-state index in [0.29, 0.717) is 17.0 Å². The maximum Gasteiger partial charge on any atom is 0.264 e. The molecule has 3 rings (SSSR count). The van der Waals surface area contributed by atoms with Crippen LogP contribution in [0.4, 0.5) is 5.69 Å². The number of rotatable bonds is 8. The second-order valence-electron chi connectivity index (χ2n) is 6.43. The van der Waals surface area contributed by atoms with Crippen molar-refractivity contribution in [2.45, 2.75) is 11.0 Å². The lowest BCUT2D eigenvalue weighted by Crippen LogP contribution is -2.39. The van der Waals surface area contributed by atoms with Crippen molar-refractivity contribution >= 4 is 31.6 Å². The zero-order valence-electron chi connectivity index (χ0n) is 15.8. The Bertz CT molecular complexity index is 1110. The molecule has 0 spiro atoms. The molecule has 0 aliphatic rings. The van der Waals surface area contributed by atoms with Gasteiger partial charge in [0, 0.05) is 4.47 Å². The first-order valence-electron chi connectivity index (χ1n) is 9.04. The highest BCUT2D eigenvalue weighted by atomic mass is 79.9. The number of ether oxygens (including phenoxy) is 1. The van der Waals surface area contributed by atoms with Gasteiger partial charge in [0.25, 0.3) is 10.0 Å². The molecule has 1 unspecified atom stereocenters. The number of hydrogen-bond donors (Lipinski definition) is 1. The monoisotopic (exact) mass is 486 g/mol. The average molecular weight is 487 g/mol. The number of anilines is 1. The standard InChI is InChI=1S/C22H19BrN2O4S/c23-18-8-10-21(11-9-18)29-16-20(26)15-25(19-4-2-1-3-5-19)30(27,28)22-12-6-17(14-24)7-13-22/h1-13,20,26H,15-16H2. The third-order valence-electron chi connectivity index (χ3n) is 4.25. The summed E-state index contributed by atoms with van der Waals surface area (Å²) in [6, 6.07) is 23.3. The van der Waals surface area contributed by atoms with E-state index in [9.17, 15) is 13.5 Å². The predicted octanol–water partition coefficient (Wildman–Crippen LogP) is 3.96. The van der Waals surface area contributed by atoms with Gasteiger partial charge in [-0.2, -0.15) is 5.26 Å². The van der Waals surface area contributed by atoms with Crippen LogP contribution < -0.4 is 9.04 Å². The minimum absolute atomic E-state index is 0.0337. The lowest BCUT2D eigenvalue weighted by atomic mass is 10.2. The predicted molar refractivity (Wildman–Crippen MR) is 118 cm³/mol. The fourth-order valence-corrected chi connectivity index (χ4v) is 4.50. The second-order valence-corrected chi connectivity index (χ2v) is 9.20. The van der Waals surface area contributed by atoms with Crippen molar-refractivity contribution in [3.63, 3.8) is 0 Å². The van der Waals surface area contributed by atoms with Crippen LogP contribution in [0, 0.1) is 11.3 Å². The summed E-state index contributed by atoms with van der Waals surface area (Å²) in [5.74, 6) is 0.568. The molecule has 0 aliphatic carbocycles. The van der Waals surface area contributed by atoms with Crippen LogP contribution in [0.2, 0.25) is 0 Å². The number of aliphatic hydroxyl groups excluding tert-OH is 1. The first-order valence-corrected chi connectivity index (χ1v) is 11.3. The number of halogens is 1. The highest BCUT2D eigenvalue weighted by Gasteiger charge is 2.27. The molecular weight excluding hydrogens is 468 g/mol.